The van der Waals surface area contributed by atoms with Gasteiger partial charge in [0.15, 0.2) is 0 Å². The summed E-state index contributed by atoms with van der Waals surface area (Å²) in [5.74, 6) is -0.292. The van der Waals surface area contributed by atoms with E-state index >= 15 is 0 Å². The van der Waals surface area contributed by atoms with E-state index in [0.29, 0.717) is 30.1 Å². The molecule has 8 nitrogen and oxygen atoms in total. The number of carbonyl (C=O) groups is 2. The zero-order chi connectivity index (χ0) is 24.0. The van der Waals surface area contributed by atoms with Gasteiger partial charge in [0.05, 0.1) is 29.0 Å². The quantitative estimate of drug-likeness (QED) is 0.495. The fraction of sp³-hybridized carbons (Fsp3) is 0.250. The molecule has 1 heterocycles. The number of anilines is 1. The maximum Gasteiger partial charge on any atom is 0.255 e. The van der Waals surface area contributed by atoms with E-state index in [0.717, 1.165) is 0 Å². The number of nitrogens with zero attached hydrogens (tertiary/aromatic N) is 1. The van der Waals surface area contributed by atoms with Gasteiger partial charge in [-0.2, -0.15) is 4.31 Å². The minimum absolute atomic E-state index is 0.0864. The van der Waals surface area contributed by atoms with Crippen molar-refractivity contribution < 1.29 is 22.4 Å². The molecule has 0 aliphatic heterocycles. The SMILES string of the molecule is CCN(CC)S(=O)(=O)c1cc(C(=O)Nc2ccccc2C(=O)NCc2ccco2)ccc1C. The third kappa shape index (κ3) is 5.50. The van der Waals surface area contributed by atoms with E-state index < -0.39 is 15.9 Å². The number of rotatable bonds is 9. The molecule has 33 heavy (non-hydrogen) atoms. The number of nitrogens with one attached hydrogen (secondary N) is 2. The first-order valence-electron chi connectivity index (χ1n) is 10.6. The van der Waals surface area contributed by atoms with Crippen LogP contribution in [0.4, 0.5) is 5.69 Å². The number of sulfonamides is 1. The highest BCUT2D eigenvalue weighted by molar-refractivity contribution is 7.89. The standard InChI is InChI=1S/C24H27N3O5S/c1-4-27(5-2)33(30,31)22-15-18(13-12-17(22)3)23(28)26-21-11-7-6-10-20(21)24(29)25-16-19-9-8-14-32-19/h6-15H,4-5,16H2,1-3H3,(H,25,29)(H,26,28). The second kappa shape index (κ2) is 10.5. The zero-order valence-corrected chi connectivity index (χ0v) is 19.6. The van der Waals surface area contributed by atoms with E-state index in [-0.39, 0.29) is 28.5 Å². The third-order valence-electron chi connectivity index (χ3n) is 5.20. The summed E-state index contributed by atoms with van der Waals surface area (Å²) in [6.45, 7) is 6.08. The van der Waals surface area contributed by atoms with E-state index in [1.165, 1.54) is 16.6 Å². The van der Waals surface area contributed by atoms with Crippen LogP contribution in [0.25, 0.3) is 0 Å². The molecule has 3 aromatic rings. The number of furan rings is 1. The minimum atomic E-state index is -3.73. The lowest BCUT2D eigenvalue weighted by molar-refractivity contribution is 0.0949. The maximum absolute atomic E-state index is 13.0. The van der Waals surface area contributed by atoms with E-state index in [2.05, 4.69) is 10.6 Å². The number of carbonyl (C=O) groups excluding carboxylic acids is 2. The Hall–Kier alpha value is -3.43. The van der Waals surface area contributed by atoms with Crippen molar-refractivity contribution in [3.05, 3.63) is 83.3 Å². The van der Waals surface area contributed by atoms with Gasteiger partial charge < -0.3 is 15.1 Å². The van der Waals surface area contributed by atoms with Crippen molar-refractivity contribution in [2.45, 2.75) is 32.2 Å². The third-order valence-corrected chi connectivity index (χ3v) is 7.39. The van der Waals surface area contributed by atoms with E-state index in [1.807, 2.05) is 0 Å². The molecule has 0 bridgehead atoms. The van der Waals surface area contributed by atoms with Gasteiger partial charge in [0.25, 0.3) is 11.8 Å². The van der Waals surface area contributed by atoms with Crippen LogP contribution in [0, 0.1) is 6.92 Å². The highest BCUT2D eigenvalue weighted by Gasteiger charge is 2.25. The smallest absolute Gasteiger partial charge is 0.255 e. The number of para-hydroxylation sites is 1. The molecule has 9 heteroatoms. The number of aryl methyl sites for hydroxylation is 1. The molecule has 0 unspecified atom stereocenters. The van der Waals surface area contributed by atoms with Crippen LogP contribution in [0.5, 0.6) is 0 Å². The number of hydrogen-bond donors (Lipinski definition) is 2. The zero-order valence-electron chi connectivity index (χ0n) is 18.8. The second-order valence-electron chi connectivity index (χ2n) is 7.33. The normalized spacial score (nSPS) is 11.4. The summed E-state index contributed by atoms with van der Waals surface area (Å²) in [5.41, 5.74) is 1.32. The largest absolute Gasteiger partial charge is 0.467 e. The lowest BCUT2D eigenvalue weighted by Gasteiger charge is -2.20. The first kappa shape index (κ1) is 24.2. The molecule has 0 aliphatic rings. The fourth-order valence-corrected chi connectivity index (χ4v) is 5.09. The Labute approximate surface area is 193 Å². The van der Waals surface area contributed by atoms with Gasteiger partial charge in [-0.15, -0.1) is 0 Å². The molecule has 0 saturated carbocycles. The van der Waals surface area contributed by atoms with Crippen molar-refractivity contribution in [2.24, 2.45) is 0 Å². The monoisotopic (exact) mass is 469 g/mol. The van der Waals surface area contributed by atoms with Crippen molar-refractivity contribution in [1.29, 1.82) is 0 Å². The van der Waals surface area contributed by atoms with Gasteiger partial charge in [0.2, 0.25) is 10.0 Å². The first-order chi connectivity index (χ1) is 15.8. The average Bonchev–Trinajstić information content (AvgIpc) is 3.32. The van der Waals surface area contributed by atoms with Crippen LogP contribution in [-0.2, 0) is 16.6 Å². The molecule has 2 aromatic carbocycles. The van der Waals surface area contributed by atoms with Gasteiger partial charge in [0, 0.05) is 18.7 Å². The van der Waals surface area contributed by atoms with Crippen LogP contribution in [0.1, 0.15) is 45.9 Å². The lowest BCUT2D eigenvalue weighted by Crippen LogP contribution is -2.31. The van der Waals surface area contributed by atoms with Gasteiger partial charge in [-0.25, -0.2) is 8.42 Å². The van der Waals surface area contributed by atoms with Crippen molar-refractivity contribution in [1.82, 2.24) is 9.62 Å². The number of benzene rings is 2. The molecule has 0 spiro atoms. The molecular weight excluding hydrogens is 442 g/mol. The van der Waals surface area contributed by atoms with E-state index in [4.69, 9.17) is 4.42 Å². The highest BCUT2D eigenvalue weighted by atomic mass is 32.2. The van der Waals surface area contributed by atoms with Crippen LogP contribution in [0.3, 0.4) is 0 Å². The Morgan fingerprint density at radius 3 is 2.36 bits per heavy atom. The summed E-state index contributed by atoms with van der Waals surface area (Å²) < 4.78 is 32.5. The van der Waals surface area contributed by atoms with Crippen molar-refractivity contribution in [3.8, 4) is 0 Å². The number of amides is 2. The summed E-state index contributed by atoms with van der Waals surface area (Å²) in [4.78, 5) is 25.7. The highest BCUT2D eigenvalue weighted by Crippen LogP contribution is 2.23. The molecule has 0 radical (unpaired) electrons. The van der Waals surface area contributed by atoms with Crippen molar-refractivity contribution in [2.75, 3.05) is 18.4 Å². The molecule has 0 saturated heterocycles. The molecule has 0 fully saturated rings. The molecular formula is C24H27N3O5S. The molecule has 3 rings (SSSR count). The van der Waals surface area contributed by atoms with Crippen LogP contribution < -0.4 is 10.6 Å². The van der Waals surface area contributed by atoms with Gasteiger partial charge in [-0.3, -0.25) is 9.59 Å². The van der Waals surface area contributed by atoms with Gasteiger partial charge in [-0.1, -0.05) is 32.0 Å². The van der Waals surface area contributed by atoms with Gasteiger partial charge in [-0.05, 0) is 48.9 Å². The molecule has 2 amide bonds. The van der Waals surface area contributed by atoms with E-state index in [9.17, 15) is 18.0 Å². The Bertz CT molecular complexity index is 1230. The summed E-state index contributed by atoms with van der Waals surface area (Å²) in [6.07, 6.45) is 1.52. The van der Waals surface area contributed by atoms with Crippen LogP contribution in [0.15, 0.2) is 70.2 Å². The summed E-state index contributed by atoms with van der Waals surface area (Å²) >= 11 is 0. The maximum atomic E-state index is 13.0. The Balaban J connectivity index is 1.83. The minimum Gasteiger partial charge on any atom is -0.467 e. The lowest BCUT2D eigenvalue weighted by atomic mass is 10.1. The van der Waals surface area contributed by atoms with Crippen molar-refractivity contribution >= 4 is 27.5 Å². The molecule has 0 atom stereocenters. The fourth-order valence-electron chi connectivity index (χ4n) is 3.38. The average molecular weight is 470 g/mol. The van der Waals surface area contributed by atoms with Crippen molar-refractivity contribution in [3.63, 3.8) is 0 Å². The van der Waals surface area contributed by atoms with Gasteiger partial charge in [0.1, 0.15) is 5.76 Å². The first-order valence-corrected chi connectivity index (χ1v) is 12.0. The number of hydrogen-bond acceptors (Lipinski definition) is 5. The molecule has 174 valence electrons. The summed E-state index contributed by atoms with van der Waals surface area (Å²) in [7, 11) is -3.73. The summed E-state index contributed by atoms with van der Waals surface area (Å²) in [5, 5.41) is 5.47. The molecule has 1 aromatic heterocycles. The van der Waals surface area contributed by atoms with Crippen LogP contribution in [0.2, 0.25) is 0 Å². The summed E-state index contributed by atoms with van der Waals surface area (Å²) in [6, 6.07) is 14.6. The predicted octanol–water partition coefficient (Wildman–Crippen LogP) is 3.80. The second-order valence-corrected chi connectivity index (χ2v) is 9.24. The van der Waals surface area contributed by atoms with E-state index in [1.54, 1.807) is 69.3 Å². The van der Waals surface area contributed by atoms with Gasteiger partial charge >= 0.3 is 0 Å². The Morgan fingerprint density at radius 1 is 0.970 bits per heavy atom. The molecule has 2 N–H and O–H groups in total. The predicted molar refractivity (Wildman–Crippen MR) is 126 cm³/mol. The Morgan fingerprint density at radius 2 is 1.70 bits per heavy atom. The van der Waals surface area contributed by atoms with Crippen LogP contribution >= 0.6 is 0 Å². The van der Waals surface area contributed by atoms with Crippen LogP contribution in [-0.4, -0.2) is 37.6 Å². The molecule has 0 aliphatic carbocycles. The topological polar surface area (TPSA) is 109 Å². The Kier molecular flexibility index (Phi) is 7.67.